The Labute approximate surface area is 159 Å². The summed E-state index contributed by atoms with van der Waals surface area (Å²) in [6.45, 7) is 3.39. The Balaban J connectivity index is 1.60. The van der Waals surface area contributed by atoms with E-state index < -0.39 is 0 Å². The third-order valence-corrected chi connectivity index (χ3v) is 5.32. The summed E-state index contributed by atoms with van der Waals surface area (Å²) < 4.78 is 4.98. The van der Waals surface area contributed by atoms with Gasteiger partial charge >= 0.3 is 0 Å². The van der Waals surface area contributed by atoms with Gasteiger partial charge in [0.25, 0.3) is 5.91 Å². The Hall–Kier alpha value is -2.05. The van der Waals surface area contributed by atoms with Crippen molar-refractivity contribution in [3.8, 4) is 11.1 Å². The van der Waals surface area contributed by atoms with Crippen LogP contribution in [0.15, 0.2) is 42.6 Å². The van der Waals surface area contributed by atoms with Gasteiger partial charge in [-0.25, -0.2) is 4.98 Å². The van der Waals surface area contributed by atoms with Gasteiger partial charge in [0, 0.05) is 62.2 Å². The molecule has 2 heterocycles. The van der Waals surface area contributed by atoms with Crippen molar-refractivity contribution in [2.24, 2.45) is 0 Å². The summed E-state index contributed by atoms with van der Waals surface area (Å²) in [6, 6.07) is 11.8. The lowest BCUT2D eigenvalue weighted by molar-refractivity contribution is 0.0948. The van der Waals surface area contributed by atoms with Gasteiger partial charge in [-0.05, 0) is 36.2 Å². The van der Waals surface area contributed by atoms with Crippen LogP contribution in [0.2, 0.25) is 0 Å². The minimum atomic E-state index is -0.0518. The molecule has 0 saturated carbocycles. The number of methoxy groups -OCH3 is 1. The number of hydrogen-bond donors (Lipinski definition) is 1. The Kier molecular flexibility index (Phi) is 6.91. The van der Waals surface area contributed by atoms with Gasteiger partial charge in [0.15, 0.2) is 0 Å². The molecule has 1 aliphatic rings. The van der Waals surface area contributed by atoms with E-state index in [1.165, 1.54) is 11.5 Å². The highest BCUT2D eigenvalue weighted by molar-refractivity contribution is 7.99. The smallest absolute Gasteiger partial charge is 0.251 e. The van der Waals surface area contributed by atoms with Crippen LogP contribution in [0.3, 0.4) is 0 Å². The van der Waals surface area contributed by atoms with Crippen molar-refractivity contribution in [3.05, 3.63) is 48.2 Å². The molecule has 1 fully saturated rings. The van der Waals surface area contributed by atoms with Gasteiger partial charge in [-0.2, -0.15) is 11.8 Å². The molecule has 5 nitrogen and oxygen atoms in total. The van der Waals surface area contributed by atoms with Crippen molar-refractivity contribution < 1.29 is 9.53 Å². The van der Waals surface area contributed by atoms with Crippen molar-refractivity contribution in [1.29, 1.82) is 0 Å². The molecule has 3 rings (SSSR count). The summed E-state index contributed by atoms with van der Waals surface area (Å²) in [5.41, 5.74) is 2.79. The predicted molar refractivity (Wildman–Crippen MR) is 108 cm³/mol. The molecule has 0 unspecified atom stereocenters. The molecule has 0 radical (unpaired) electrons. The largest absolute Gasteiger partial charge is 0.385 e. The zero-order valence-electron chi connectivity index (χ0n) is 15.1. The number of amides is 1. The third-order valence-electron chi connectivity index (χ3n) is 4.37. The molecule has 0 spiro atoms. The van der Waals surface area contributed by atoms with E-state index in [1.54, 1.807) is 7.11 Å². The van der Waals surface area contributed by atoms with E-state index in [4.69, 9.17) is 4.74 Å². The summed E-state index contributed by atoms with van der Waals surface area (Å²) in [5, 5.41) is 2.90. The maximum atomic E-state index is 12.1. The number of aromatic nitrogens is 1. The van der Waals surface area contributed by atoms with Crippen LogP contribution in [0.1, 0.15) is 16.8 Å². The molecule has 1 aromatic heterocycles. The highest BCUT2D eigenvalue weighted by Gasteiger charge is 2.12. The van der Waals surface area contributed by atoms with Crippen molar-refractivity contribution in [2.45, 2.75) is 6.42 Å². The van der Waals surface area contributed by atoms with Crippen LogP contribution in [0, 0.1) is 0 Å². The van der Waals surface area contributed by atoms with E-state index in [-0.39, 0.29) is 5.91 Å². The first-order valence-electron chi connectivity index (χ1n) is 8.94. The van der Waals surface area contributed by atoms with Gasteiger partial charge in [0.2, 0.25) is 0 Å². The molecule has 26 heavy (non-hydrogen) atoms. The second kappa shape index (κ2) is 9.59. The Bertz CT molecular complexity index is 698. The van der Waals surface area contributed by atoms with Gasteiger partial charge in [0.1, 0.15) is 5.82 Å². The van der Waals surface area contributed by atoms with E-state index in [2.05, 4.69) is 27.3 Å². The van der Waals surface area contributed by atoms with Crippen LogP contribution < -0.4 is 10.2 Å². The fourth-order valence-electron chi connectivity index (χ4n) is 2.87. The summed E-state index contributed by atoms with van der Waals surface area (Å²) >= 11 is 2.00. The van der Waals surface area contributed by atoms with Crippen molar-refractivity contribution in [1.82, 2.24) is 10.3 Å². The maximum absolute atomic E-state index is 12.1. The SMILES string of the molecule is COCCCNC(=O)c1ccc(-c2ccc(N3CCSCC3)nc2)cc1. The molecule has 1 amide bonds. The summed E-state index contributed by atoms with van der Waals surface area (Å²) in [5.74, 6) is 3.32. The normalized spacial score (nSPS) is 14.3. The number of anilines is 1. The molecule has 0 aliphatic carbocycles. The van der Waals surface area contributed by atoms with Gasteiger partial charge in [-0.15, -0.1) is 0 Å². The lowest BCUT2D eigenvalue weighted by Gasteiger charge is -2.27. The summed E-state index contributed by atoms with van der Waals surface area (Å²) in [7, 11) is 1.66. The van der Waals surface area contributed by atoms with E-state index >= 15 is 0 Å². The highest BCUT2D eigenvalue weighted by Crippen LogP contribution is 2.23. The fourth-order valence-corrected chi connectivity index (χ4v) is 3.77. The zero-order chi connectivity index (χ0) is 18.2. The van der Waals surface area contributed by atoms with Gasteiger partial charge in [-0.1, -0.05) is 12.1 Å². The first kappa shape index (κ1) is 18.7. The van der Waals surface area contributed by atoms with Crippen molar-refractivity contribution in [2.75, 3.05) is 49.8 Å². The molecule has 1 saturated heterocycles. The molecular weight excluding hydrogens is 346 g/mol. The number of carbonyl (C=O) groups excluding carboxylic acids is 1. The molecule has 0 bridgehead atoms. The average molecular weight is 372 g/mol. The number of ether oxygens (including phenoxy) is 1. The van der Waals surface area contributed by atoms with Gasteiger partial charge in [-0.3, -0.25) is 4.79 Å². The number of hydrogen-bond acceptors (Lipinski definition) is 5. The van der Waals surface area contributed by atoms with Crippen LogP contribution >= 0.6 is 11.8 Å². The quantitative estimate of drug-likeness (QED) is 0.758. The molecule has 0 atom stereocenters. The first-order valence-corrected chi connectivity index (χ1v) is 10.1. The van der Waals surface area contributed by atoms with Crippen LogP contribution in [-0.4, -0.2) is 55.7 Å². The number of nitrogens with zero attached hydrogens (tertiary/aromatic N) is 2. The van der Waals surface area contributed by atoms with Gasteiger partial charge < -0.3 is 15.0 Å². The van der Waals surface area contributed by atoms with Crippen LogP contribution in [-0.2, 0) is 4.74 Å². The van der Waals surface area contributed by atoms with E-state index in [0.717, 1.165) is 36.5 Å². The molecule has 1 aliphatic heterocycles. The standard InChI is InChI=1S/C20H25N3O2S/c1-25-12-2-9-21-20(24)17-5-3-16(4-6-17)18-7-8-19(22-15-18)23-10-13-26-14-11-23/h3-8,15H,2,9-14H2,1H3,(H,21,24). The summed E-state index contributed by atoms with van der Waals surface area (Å²) in [6.07, 6.45) is 2.73. The fraction of sp³-hybridized carbons (Fsp3) is 0.400. The number of carbonyl (C=O) groups is 1. The minimum absolute atomic E-state index is 0.0518. The first-order chi connectivity index (χ1) is 12.8. The lowest BCUT2D eigenvalue weighted by atomic mass is 10.1. The number of rotatable bonds is 7. The van der Waals surface area contributed by atoms with E-state index in [0.29, 0.717) is 18.7 Å². The number of benzene rings is 1. The van der Waals surface area contributed by atoms with E-state index in [9.17, 15) is 4.79 Å². The van der Waals surface area contributed by atoms with Crippen molar-refractivity contribution in [3.63, 3.8) is 0 Å². The van der Waals surface area contributed by atoms with Gasteiger partial charge in [0.05, 0.1) is 0 Å². The molecule has 138 valence electrons. The average Bonchev–Trinajstić information content (AvgIpc) is 2.72. The second-order valence-electron chi connectivity index (χ2n) is 6.18. The Morgan fingerprint density at radius 1 is 1.15 bits per heavy atom. The maximum Gasteiger partial charge on any atom is 0.251 e. The topological polar surface area (TPSA) is 54.5 Å². The van der Waals surface area contributed by atoms with E-state index in [1.807, 2.05) is 42.2 Å². The Morgan fingerprint density at radius 3 is 2.54 bits per heavy atom. The molecule has 1 aromatic carbocycles. The highest BCUT2D eigenvalue weighted by atomic mass is 32.2. The minimum Gasteiger partial charge on any atom is -0.385 e. The molecule has 6 heteroatoms. The van der Waals surface area contributed by atoms with Crippen LogP contribution in [0.25, 0.3) is 11.1 Å². The number of pyridine rings is 1. The monoisotopic (exact) mass is 371 g/mol. The lowest BCUT2D eigenvalue weighted by Crippen LogP contribution is -2.32. The number of thioether (sulfide) groups is 1. The predicted octanol–water partition coefficient (Wildman–Crippen LogP) is 3.07. The third kappa shape index (κ3) is 4.99. The molecule has 2 aromatic rings. The molecule has 1 N–H and O–H groups in total. The van der Waals surface area contributed by atoms with Crippen LogP contribution in [0.5, 0.6) is 0 Å². The van der Waals surface area contributed by atoms with Crippen molar-refractivity contribution >= 4 is 23.5 Å². The number of nitrogens with one attached hydrogen (secondary N) is 1. The zero-order valence-corrected chi connectivity index (χ0v) is 15.9. The Morgan fingerprint density at radius 2 is 1.88 bits per heavy atom. The summed E-state index contributed by atoms with van der Waals surface area (Å²) in [4.78, 5) is 19.1. The molecular formula is C20H25N3O2S. The van der Waals surface area contributed by atoms with Crippen LogP contribution in [0.4, 0.5) is 5.82 Å². The second-order valence-corrected chi connectivity index (χ2v) is 7.41.